The van der Waals surface area contributed by atoms with Gasteiger partial charge in [-0.3, -0.25) is 4.79 Å². The molecule has 4 aromatic rings. The number of benzene rings is 3. The lowest BCUT2D eigenvalue weighted by atomic mass is 10.0. The molecule has 0 amide bonds. The minimum Gasteiger partial charge on any atom is -0.493 e. The van der Waals surface area contributed by atoms with Crippen molar-refractivity contribution in [1.29, 1.82) is 0 Å². The Morgan fingerprint density at radius 3 is 2.26 bits per heavy atom. The number of ketones is 1. The number of para-hydroxylation sites is 1. The van der Waals surface area contributed by atoms with Crippen molar-refractivity contribution in [2.24, 2.45) is 5.14 Å². The number of sulfonamides is 1. The van der Waals surface area contributed by atoms with Gasteiger partial charge in [0.05, 0.1) is 23.1 Å². The molecule has 0 saturated carbocycles. The van der Waals surface area contributed by atoms with Crippen LogP contribution in [0.4, 0.5) is 4.39 Å². The quantitative estimate of drug-likeness (QED) is 0.381. The maximum atomic E-state index is 15.3. The van der Waals surface area contributed by atoms with Crippen LogP contribution in [0.1, 0.15) is 10.4 Å². The van der Waals surface area contributed by atoms with Crippen LogP contribution >= 0.6 is 0 Å². The molecule has 0 fully saturated rings. The van der Waals surface area contributed by atoms with Gasteiger partial charge in [-0.1, -0.05) is 30.3 Å². The number of carbonyl (C=O) groups excluding carboxylic acids is 1. The Morgan fingerprint density at radius 1 is 0.971 bits per heavy atom. The standard InChI is InChI=1S/C23H18FNO7S2/c1-31-23-16(19-12-14-6-2-3-7-18(14)32-19)11-10-15(22(23)24)17(26)13-33(27,28)20-8-4-5-9-21(20)34(25,29)30/h2-12H,13H2,1H3,(H2,25,29,30). The number of ether oxygens (including phenoxy) is 1. The fraction of sp³-hybridized carbons (Fsp3) is 0.0870. The summed E-state index contributed by atoms with van der Waals surface area (Å²) in [4.78, 5) is 11.5. The lowest BCUT2D eigenvalue weighted by Gasteiger charge is -2.12. The van der Waals surface area contributed by atoms with E-state index in [0.717, 1.165) is 23.6 Å². The molecule has 0 saturated heterocycles. The summed E-state index contributed by atoms with van der Waals surface area (Å²) in [6.07, 6.45) is 0. The van der Waals surface area contributed by atoms with Gasteiger partial charge < -0.3 is 9.15 Å². The van der Waals surface area contributed by atoms with Crippen molar-refractivity contribution in [3.63, 3.8) is 0 Å². The molecule has 0 radical (unpaired) electrons. The van der Waals surface area contributed by atoms with Gasteiger partial charge in [-0.15, -0.1) is 0 Å². The number of nitrogens with two attached hydrogens (primary N) is 1. The smallest absolute Gasteiger partial charge is 0.239 e. The minimum atomic E-state index is -4.47. The number of rotatable bonds is 7. The molecule has 3 aromatic carbocycles. The SMILES string of the molecule is COc1c(-c2cc3ccccc3o2)ccc(C(=O)CS(=O)(=O)c2ccccc2S(N)(=O)=O)c1F. The highest BCUT2D eigenvalue weighted by atomic mass is 32.2. The third-order valence-corrected chi connectivity index (χ3v) is 7.87. The molecule has 0 bridgehead atoms. The average Bonchev–Trinajstić information content (AvgIpc) is 3.22. The van der Waals surface area contributed by atoms with Crippen molar-refractivity contribution >= 4 is 36.6 Å². The topological polar surface area (TPSA) is 134 Å². The highest BCUT2D eigenvalue weighted by Gasteiger charge is 2.29. The van der Waals surface area contributed by atoms with Gasteiger partial charge in [0, 0.05) is 5.39 Å². The molecule has 11 heteroatoms. The van der Waals surface area contributed by atoms with Gasteiger partial charge in [-0.05, 0) is 36.4 Å². The summed E-state index contributed by atoms with van der Waals surface area (Å²) >= 11 is 0. The zero-order chi connectivity index (χ0) is 24.7. The van der Waals surface area contributed by atoms with Crippen molar-refractivity contribution in [2.45, 2.75) is 9.79 Å². The lowest BCUT2D eigenvalue weighted by molar-refractivity contribution is 0.101. The van der Waals surface area contributed by atoms with Crippen molar-refractivity contribution in [1.82, 2.24) is 0 Å². The van der Waals surface area contributed by atoms with Crippen LogP contribution in [0, 0.1) is 5.82 Å². The summed E-state index contributed by atoms with van der Waals surface area (Å²) < 4.78 is 75.4. The van der Waals surface area contributed by atoms with Gasteiger partial charge in [-0.25, -0.2) is 26.4 Å². The van der Waals surface area contributed by atoms with Gasteiger partial charge >= 0.3 is 0 Å². The van der Waals surface area contributed by atoms with E-state index in [2.05, 4.69) is 0 Å². The zero-order valence-corrected chi connectivity index (χ0v) is 19.3. The third-order valence-electron chi connectivity index (χ3n) is 5.10. The Labute approximate surface area is 194 Å². The molecule has 2 N–H and O–H groups in total. The molecule has 0 spiro atoms. The normalized spacial score (nSPS) is 12.1. The number of halogens is 1. The molecule has 176 valence electrons. The zero-order valence-electron chi connectivity index (χ0n) is 17.7. The predicted molar refractivity (Wildman–Crippen MR) is 122 cm³/mol. The Bertz CT molecular complexity index is 1610. The molecule has 0 aliphatic rings. The Kier molecular flexibility index (Phi) is 6.02. The van der Waals surface area contributed by atoms with Crippen LogP contribution in [-0.4, -0.2) is 35.5 Å². The Hall–Kier alpha value is -3.54. The monoisotopic (exact) mass is 503 g/mol. The molecule has 1 heterocycles. The van der Waals surface area contributed by atoms with Crippen LogP contribution in [0.2, 0.25) is 0 Å². The van der Waals surface area contributed by atoms with Crippen molar-refractivity contribution in [3.8, 4) is 17.1 Å². The van der Waals surface area contributed by atoms with Gasteiger partial charge in [0.1, 0.15) is 22.0 Å². The summed E-state index contributed by atoms with van der Waals surface area (Å²) in [6.45, 7) is 0. The Balaban J connectivity index is 1.72. The molecule has 4 rings (SSSR count). The fourth-order valence-corrected chi connectivity index (χ4v) is 6.21. The second-order valence-electron chi connectivity index (χ2n) is 7.33. The van der Waals surface area contributed by atoms with E-state index in [1.165, 1.54) is 25.3 Å². The number of primary sulfonamides is 1. The van der Waals surface area contributed by atoms with Gasteiger partial charge in [0.25, 0.3) is 0 Å². The first-order valence-corrected chi connectivity index (χ1v) is 13.0. The maximum absolute atomic E-state index is 15.3. The molecule has 0 aliphatic carbocycles. The third kappa shape index (κ3) is 4.32. The van der Waals surface area contributed by atoms with Crippen LogP contribution < -0.4 is 9.88 Å². The molecule has 8 nitrogen and oxygen atoms in total. The van der Waals surface area contributed by atoms with Gasteiger partial charge in [0.15, 0.2) is 27.2 Å². The van der Waals surface area contributed by atoms with E-state index < -0.39 is 52.6 Å². The van der Waals surface area contributed by atoms with E-state index in [-0.39, 0.29) is 11.3 Å². The molecule has 34 heavy (non-hydrogen) atoms. The van der Waals surface area contributed by atoms with Crippen LogP contribution in [-0.2, 0) is 19.9 Å². The number of methoxy groups -OCH3 is 1. The highest BCUT2D eigenvalue weighted by Crippen LogP contribution is 2.37. The summed E-state index contributed by atoms with van der Waals surface area (Å²) in [5, 5.41) is 5.87. The van der Waals surface area contributed by atoms with Crippen molar-refractivity contribution in [2.75, 3.05) is 12.9 Å². The summed E-state index contributed by atoms with van der Waals surface area (Å²) in [5.41, 5.74) is 0.267. The van der Waals surface area contributed by atoms with Crippen LogP contribution in [0.3, 0.4) is 0 Å². The molecular formula is C23H18FNO7S2. The molecule has 0 unspecified atom stereocenters. The van der Waals surface area contributed by atoms with E-state index >= 15 is 4.39 Å². The van der Waals surface area contributed by atoms with Crippen LogP contribution in [0.25, 0.3) is 22.3 Å². The van der Waals surface area contributed by atoms with E-state index in [9.17, 15) is 21.6 Å². The first-order valence-electron chi connectivity index (χ1n) is 9.76. The molecule has 0 aliphatic heterocycles. The highest BCUT2D eigenvalue weighted by molar-refractivity contribution is 7.94. The number of fused-ring (bicyclic) bond motifs is 1. The van der Waals surface area contributed by atoms with Crippen LogP contribution in [0.15, 0.2) is 80.9 Å². The van der Waals surface area contributed by atoms with E-state index in [4.69, 9.17) is 14.3 Å². The first kappa shape index (κ1) is 23.6. The van der Waals surface area contributed by atoms with E-state index in [0.29, 0.717) is 11.3 Å². The second kappa shape index (κ2) is 8.67. The maximum Gasteiger partial charge on any atom is 0.239 e. The van der Waals surface area contributed by atoms with Gasteiger partial charge in [-0.2, -0.15) is 0 Å². The minimum absolute atomic E-state index is 0.232. The largest absolute Gasteiger partial charge is 0.493 e. The van der Waals surface area contributed by atoms with Gasteiger partial charge in [0.2, 0.25) is 10.0 Å². The average molecular weight is 504 g/mol. The summed E-state index contributed by atoms with van der Waals surface area (Å²) in [6, 6.07) is 16.0. The lowest BCUT2D eigenvalue weighted by Crippen LogP contribution is -2.22. The summed E-state index contributed by atoms with van der Waals surface area (Å²) in [7, 11) is -7.64. The van der Waals surface area contributed by atoms with E-state index in [1.807, 2.05) is 12.1 Å². The van der Waals surface area contributed by atoms with E-state index in [1.54, 1.807) is 18.2 Å². The van der Waals surface area contributed by atoms with Crippen LogP contribution in [0.5, 0.6) is 5.75 Å². The number of carbonyl (C=O) groups is 1. The molecular weight excluding hydrogens is 485 g/mol. The number of sulfone groups is 1. The summed E-state index contributed by atoms with van der Waals surface area (Å²) in [5.74, 6) is -3.33. The number of Topliss-reactive ketones (excluding diaryl/α,β-unsaturated/α-hetero) is 1. The van der Waals surface area contributed by atoms with Crippen molar-refractivity contribution < 1.29 is 35.2 Å². The number of hydrogen-bond acceptors (Lipinski definition) is 7. The second-order valence-corrected chi connectivity index (χ2v) is 10.8. The first-order chi connectivity index (χ1) is 16.0. The van der Waals surface area contributed by atoms with Crippen molar-refractivity contribution in [3.05, 3.63) is 78.1 Å². The number of furan rings is 1. The Morgan fingerprint density at radius 2 is 1.62 bits per heavy atom. The molecule has 0 atom stereocenters. The number of hydrogen-bond donors (Lipinski definition) is 1. The fourth-order valence-electron chi connectivity index (χ4n) is 3.55. The predicted octanol–water partition coefficient (Wildman–Crippen LogP) is 3.55. The molecule has 1 aromatic heterocycles.